The molecule has 0 bridgehead atoms. The maximum Gasteiger partial charge on any atom is 0.404 e. The van der Waals surface area contributed by atoms with Crippen LogP contribution in [0.3, 0.4) is 0 Å². The molecule has 3 heterocycles. The highest BCUT2D eigenvalue weighted by Crippen LogP contribution is 2.38. The Balaban J connectivity index is 1.36. The van der Waals surface area contributed by atoms with Gasteiger partial charge in [0.05, 0.1) is 6.54 Å². The van der Waals surface area contributed by atoms with Gasteiger partial charge in [0.25, 0.3) is 0 Å². The first-order valence-corrected chi connectivity index (χ1v) is 14.0. The predicted molar refractivity (Wildman–Crippen MR) is 142 cm³/mol. The highest BCUT2D eigenvalue weighted by Gasteiger charge is 2.32. The lowest BCUT2D eigenvalue weighted by atomic mass is 9.79. The van der Waals surface area contributed by atoms with E-state index in [2.05, 4.69) is 57.8 Å². The van der Waals surface area contributed by atoms with Crippen LogP contribution >= 0.6 is 0 Å². The number of carbonyl (C=O) groups is 1. The fourth-order valence-corrected chi connectivity index (χ4v) is 7.14. The van der Waals surface area contributed by atoms with E-state index in [1.54, 1.807) is 0 Å². The van der Waals surface area contributed by atoms with Crippen molar-refractivity contribution in [2.45, 2.75) is 90.4 Å². The third kappa shape index (κ3) is 5.39. The maximum atomic E-state index is 11.5. The molecular formula is C29H44N4O2. The van der Waals surface area contributed by atoms with Crippen LogP contribution in [0.5, 0.6) is 0 Å². The smallest absolute Gasteiger partial charge is 0.404 e. The van der Waals surface area contributed by atoms with Crippen molar-refractivity contribution in [3.8, 4) is 0 Å². The Hall–Kier alpha value is -2.05. The Kier molecular flexibility index (Phi) is 7.68. The minimum Gasteiger partial charge on any atom is -0.465 e. The van der Waals surface area contributed by atoms with Crippen LogP contribution in [0.1, 0.15) is 82.5 Å². The van der Waals surface area contributed by atoms with E-state index < -0.39 is 6.09 Å². The highest BCUT2D eigenvalue weighted by molar-refractivity contribution is 5.86. The average molecular weight is 481 g/mol. The molecule has 0 radical (unpaired) electrons. The minimum absolute atomic E-state index is 0.382. The van der Waals surface area contributed by atoms with E-state index in [1.807, 2.05) is 0 Å². The molecule has 1 saturated carbocycles. The summed E-state index contributed by atoms with van der Waals surface area (Å²) in [6, 6.07) is 9.93. The van der Waals surface area contributed by atoms with Gasteiger partial charge in [0, 0.05) is 48.3 Å². The second-order valence-corrected chi connectivity index (χ2v) is 11.5. The van der Waals surface area contributed by atoms with Crippen molar-refractivity contribution in [1.29, 1.82) is 0 Å². The number of amides is 1. The standard InChI is InChI=1S/C29H44N4O2/c1-21(2)22-9-11-23(12-10-22)32-17-13-24(14-18-32)33-27-8-4-3-7-25(27)26(20-31-15-5-6-16-31)28(33)19-30-29(34)35/h3-4,7-8,21-24,30H,5-6,9-20H2,1-2H3,(H,34,35)/t22-,23+. The molecule has 3 fully saturated rings. The van der Waals surface area contributed by atoms with Crippen LogP contribution in [0.25, 0.3) is 10.9 Å². The number of hydrogen-bond donors (Lipinski definition) is 2. The van der Waals surface area contributed by atoms with E-state index in [9.17, 15) is 9.90 Å². The van der Waals surface area contributed by atoms with E-state index in [0.717, 1.165) is 63.4 Å². The third-order valence-electron chi connectivity index (χ3n) is 9.18. The first kappa shape index (κ1) is 24.6. The largest absolute Gasteiger partial charge is 0.465 e. The summed E-state index contributed by atoms with van der Waals surface area (Å²) in [5.74, 6) is 1.73. The second-order valence-electron chi connectivity index (χ2n) is 11.5. The van der Waals surface area contributed by atoms with Gasteiger partial charge < -0.3 is 19.9 Å². The minimum atomic E-state index is -0.944. The van der Waals surface area contributed by atoms with Crippen LogP contribution in [-0.4, -0.2) is 57.8 Å². The number of rotatable bonds is 7. The van der Waals surface area contributed by atoms with Gasteiger partial charge in [-0.1, -0.05) is 32.0 Å². The summed E-state index contributed by atoms with van der Waals surface area (Å²) in [7, 11) is 0. The first-order chi connectivity index (χ1) is 17.0. The number of likely N-dealkylation sites (tertiary alicyclic amines) is 2. The van der Waals surface area contributed by atoms with E-state index in [4.69, 9.17) is 0 Å². The summed E-state index contributed by atoms with van der Waals surface area (Å²) in [6.45, 7) is 10.7. The fourth-order valence-electron chi connectivity index (χ4n) is 7.14. The van der Waals surface area contributed by atoms with Crippen molar-refractivity contribution in [2.75, 3.05) is 26.2 Å². The molecule has 5 rings (SSSR count). The average Bonchev–Trinajstić information content (AvgIpc) is 3.49. The van der Waals surface area contributed by atoms with Gasteiger partial charge in [-0.3, -0.25) is 4.90 Å². The molecule has 1 aliphatic carbocycles. The Morgan fingerprint density at radius 1 is 0.971 bits per heavy atom. The zero-order valence-electron chi connectivity index (χ0n) is 21.7. The molecule has 6 nitrogen and oxygen atoms in total. The molecule has 2 saturated heterocycles. The second kappa shape index (κ2) is 10.9. The molecule has 3 aliphatic rings. The summed E-state index contributed by atoms with van der Waals surface area (Å²) in [6.07, 6.45) is 9.35. The van der Waals surface area contributed by atoms with E-state index in [1.165, 1.54) is 60.7 Å². The zero-order valence-corrected chi connectivity index (χ0v) is 21.7. The molecule has 35 heavy (non-hydrogen) atoms. The normalized spacial score (nSPS) is 25.0. The Morgan fingerprint density at radius 2 is 1.66 bits per heavy atom. The molecule has 0 atom stereocenters. The van der Waals surface area contributed by atoms with Crippen LogP contribution in [0.2, 0.25) is 0 Å². The SMILES string of the molecule is CC(C)[C@H]1CC[C@@H](N2CCC(n3c(CNC(=O)O)c(CN4CCCC4)c4ccccc43)CC2)CC1. The summed E-state index contributed by atoms with van der Waals surface area (Å²) >= 11 is 0. The number of para-hydroxylation sites is 1. The summed E-state index contributed by atoms with van der Waals surface area (Å²) in [5.41, 5.74) is 3.78. The number of piperidine rings is 1. The maximum absolute atomic E-state index is 11.5. The molecule has 6 heteroatoms. The van der Waals surface area contributed by atoms with E-state index in [-0.39, 0.29) is 0 Å². The molecule has 2 N–H and O–H groups in total. The quantitative estimate of drug-likeness (QED) is 0.521. The van der Waals surface area contributed by atoms with Crippen LogP contribution in [-0.2, 0) is 13.1 Å². The molecule has 0 unspecified atom stereocenters. The first-order valence-electron chi connectivity index (χ1n) is 14.0. The molecule has 192 valence electrons. The van der Waals surface area contributed by atoms with E-state index >= 15 is 0 Å². The Labute approximate surface area is 210 Å². The molecule has 1 amide bonds. The van der Waals surface area contributed by atoms with Crippen molar-refractivity contribution in [3.05, 3.63) is 35.5 Å². The number of benzene rings is 1. The zero-order chi connectivity index (χ0) is 24.4. The fraction of sp³-hybridized carbons (Fsp3) is 0.690. The Morgan fingerprint density at radius 3 is 2.31 bits per heavy atom. The van der Waals surface area contributed by atoms with Crippen molar-refractivity contribution in [1.82, 2.24) is 19.7 Å². The third-order valence-corrected chi connectivity index (χ3v) is 9.18. The van der Waals surface area contributed by atoms with Gasteiger partial charge in [-0.05, 0) is 87.9 Å². The van der Waals surface area contributed by atoms with Crippen molar-refractivity contribution in [2.24, 2.45) is 11.8 Å². The summed E-state index contributed by atoms with van der Waals surface area (Å²) < 4.78 is 2.52. The number of fused-ring (bicyclic) bond motifs is 1. The van der Waals surface area contributed by atoms with Gasteiger partial charge >= 0.3 is 6.09 Å². The number of nitrogens with one attached hydrogen (secondary N) is 1. The van der Waals surface area contributed by atoms with Crippen LogP contribution in [0.4, 0.5) is 4.79 Å². The van der Waals surface area contributed by atoms with Crippen molar-refractivity contribution < 1.29 is 9.90 Å². The summed E-state index contributed by atoms with van der Waals surface area (Å²) in [5, 5.41) is 13.4. The lowest BCUT2D eigenvalue weighted by molar-refractivity contribution is 0.0888. The van der Waals surface area contributed by atoms with Gasteiger partial charge in [0.1, 0.15) is 0 Å². The number of nitrogens with zero attached hydrogens (tertiary/aromatic N) is 3. The molecular weight excluding hydrogens is 436 g/mol. The highest BCUT2D eigenvalue weighted by atomic mass is 16.4. The van der Waals surface area contributed by atoms with Gasteiger partial charge in [-0.2, -0.15) is 0 Å². The topological polar surface area (TPSA) is 60.7 Å². The lowest BCUT2D eigenvalue weighted by Gasteiger charge is -2.42. The number of aromatic nitrogens is 1. The van der Waals surface area contributed by atoms with E-state index in [0.29, 0.717) is 12.6 Å². The van der Waals surface area contributed by atoms with Gasteiger partial charge in [0.15, 0.2) is 0 Å². The van der Waals surface area contributed by atoms with Crippen LogP contribution in [0.15, 0.2) is 24.3 Å². The van der Waals surface area contributed by atoms with Crippen molar-refractivity contribution >= 4 is 17.0 Å². The predicted octanol–water partition coefficient (Wildman–Crippen LogP) is 5.86. The molecule has 2 aromatic rings. The Bertz CT molecular complexity index is 994. The molecule has 1 aromatic heterocycles. The van der Waals surface area contributed by atoms with Gasteiger partial charge in [-0.25, -0.2) is 4.79 Å². The lowest BCUT2D eigenvalue weighted by Crippen LogP contribution is -2.44. The molecule has 1 aromatic carbocycles. The van der Waals surface area contributed by atoms with Crippen molar-refractivity contribution in [3.63, 3.8) is 0 Å². The monoisotopic (exact) mass is 480 g/mol. The number of carboxylic acid groups (broad SMARTS) is 1. The van der Waals surface area contributed by atoms with Gasteiger partial charge in [0.2, 0.25) is 0 Å². The van der Waals surface area contributed by atoms with Crippen LogP contribution < -0.4 is 5.32 Å². The summed E-state index contributed by atoms with van der Waals surface area (Å²) in [4.78, 5) is 16.8. The van der Waals surface area contributed by atoms with Gasteiger partial charge in [-0.15, -0.1) is 0 Å². The molecule has 2 aliphatic heterocycles. The number of hydrogen-bond acceptors (Lipinski definition) is 3. The van der Waals surface area contributed by atoms with Crippen LogP contribution in [0, 0.1) is 11.8 Å². The molecule has 0 spiro atoms.